The number of carbonyl (C=O) groups excluding carboxylic acids is 1. The van der Waals surface area contributed by atoms with E-state index >= 15 is 0 Å². The van der Waals surface area contributed by atoms with Crippen LogP contribution in [0.5, 0.6) is 23.0 Å². The molecule has 0 atom stereocenters. The lowest BCUT2D eigenvalue weighted by Crippen LogP contribution is -2.02. The number of hydrogen-bond acceptors (Lipinski definition) is 6. The molecule has 0 fully saturated rings. The molecule has 24 heavy (non-hydrogen) atoms. The first kappa shape index (κ1) is 18.8. The Hall–Kier alpha value is -3.22. The van der Waals surface area contributed by atoms with E-state index in [1.807, 2.05) is 0 Å². The lowest BCUT2D eigenvalue weighted by molar-refractivity contribution is 0.0692. The lowest BCUT2D eigenvalue weighted by atomic mass is 10.2. The Morgan fingerprint density at radius 2 is 1.42 bits per heavy atom. The molecule has 0 spiro atoms. The Morgan fingerprint density at radius 1 is 0.917 bits per heavy atom. The molecule has 0 unspecified atom stereocenters. The highest BCUT2D eigenvalue weighted by Gasteiger charge is 2.16. The van der Waals surface area contributed by atoms with Crippen LogP contribution in [0, 0.1) is 0 Å². The van der Waals surface area contributed by atoms with Crippen molar-refractivity contribution in [1.29, 1.82) is 0 Å². The number of methoxy groups -OCH3 is 3. The van der Waals surface area contributed by atoms with Gasteiger partial charge in [-0.2, -0.15) is 0 Å². The van der Waals surface area contributed by atoms with Gasteiger partial charge in [0.15, 0.2) is 11.5 Å². The SMILES string of the molecule is COc1cc(OC)c(C(=O)O)cc1OC.O=Cc1ccc(O)cc1. The van der Waals surface area contributed by atoms with Crippen molar-refractivity contribution in [1.82, 2.24) is 0 Å². The molecule has 0 aromatic heterocycles. The predicted octanol–water partition coefficient (Wildman–Crippen LogP) is 2.62. The summed E-state index contributed by atoms with van der Waals surface area (Å²) < 4.78 is 14.9. The number of aromatic hydroxyl groups is 1. The fourth-order valence-corrected chi connectivity index (χ4v) is 1.75. The minimum absolute atomic E-state index is 0.0372. The molecule has 7 heteroatoms. The number of aldehydes is 1. The van der Waals surface area contributed by atoms with Gasteiger partial charge in [-0.05, 0) is 24.3 Å². The molecule has 0 amide bonds. The summed E-state index contributed by atoms with van der Waals surface area (Å²) in [7, 11) is 4.31. The molecule has 0 radical (unpaired) electrons. The molecule has 2 N–H and O–H groups in total. The van der Waals surface area contributed by atoms with E-state index in [9.17, 15) is 9.59 Å². The van der Waals surface area contributed by atoms with Gasteiger partial charge < -0.3 is 24.4 Å². The number of ether oxygens (including phenoxy) is 3. The molecule has 0 saturated heterocycles. The zero-order chi connectivity index (χ0) is 18.1. The van der Waals surface area contributed by atoms with Crippen molar-refractivity contribution in [2.75, 3.05) is 21.3 Å². The van der Waals surface area contributed by atoms with Crippen LogP contribution in [0.4, 0.5) is 0 Å². The monoisotopic (exact) mass is 334 g/mol. The summed E-state index contributed by atoms with van der Waals surface area (Å²) in [5.41, 5.74) is 0.614. The topological polar surface area (TPSA) is 102 Å². The average molecular weight is 334 g/mol. The fraction of sp³-hybridized carbons (Fsp3) is 0.176. The van der Waals surface area contributed by atoms with Crippen molar-refractivity contribution < 1.29 is 34.0 Å². The molecule has 2 aromatic rings. The second-order valence-electron chi connectivity index (χ2n) is 4.42. The Labute approximate surface area is 139 Å². The predicted molar refractivity (Wildman–Crippen MR) is 86.6 cm³/mol. The highest BCUT2D eigenvalue weighted by molar-refractivity contribution is 5.92. The first-order valence-electron chi connectivity index (χ1n) is 6.74. The maximum absolute atomic E-state index is 10.9. The van der Waals surface area contributed by atoms with E-state index in [4.69, 9.17) is 24.4 Å². The van der Waals surface area contributed by atoms with Crippen molar-refractivity contribution in [3.63, 3.8) is 0 Å². The van der Waals surface area contributed by atoms with Gasteiger partial charge >= 0.3 is 5.97 Å². The Morgan fingerprint density at radius 3 is 1.83 bits per heavy atom. The van der Waals surface area contributed by atoms with Crippen LogP contribution in [0.1, 0.15) is 20.7 Å². The molecular formula is C17H18O7. The normalized spacial score (nSPS) is 9.29. The van der Waals surface area contributed by atoms with Crippen molar-refractivity contribution in [3.05, 3.63) is 47.5 Å². The summed E-state index contributed by atoms with van der Waals surface area (Å²) in [6.07, 6.45) is 0.736. The minimum atomic E-state index is -1.08. The van der Waals surface area contributed by atoms with Crippen molar-refractivity contribution in [3.8, 4) is 23.0 Å². The molecule has 2 rings (SSSR count). The molecule has 128 valence electrons. The van der Waals surface area contributed by atoms with Crippen LogP contribution in [0.2, 0.25) is 0 Å². The van der Waals surface area contributed by atoms with Crippen LogP contribution in [0.25, 0.3) is 0 Å². The van der Waals surface area contributed by atoms with Gasteiger partial charge in [0.25, 0.3) is 0 Å². The standard InChI is InChI=1S/C10H12O5.C7H6O2/c1-13-7-5-9(15-3)8(14-2)4-6(7)10(11)12;8-5-6-1-3-7(9)4-2-6/h4-5H,1-3H3,(H,11,12);1-5,9H. The molecular weight excluding hydrogens is 316 g/mol. The van der Waals surface area contributed by atoms with Crippen molar-refractivity contribution >= 4 is 12.3 Å². The van der Waals surface area contributed by atoms with E-state index in [0.29, 0.717) is 17.1 Å². The molecule has 0 bridgehead atoms. The van der Waals surface area contributed by atoms with Crippen LogP contribution in [0.3, 0.4) is 0 Å². The van der Waals surface area contributed by atoms with E-state index in [1.54, 1.807) is 12.1 Å². The molecule has 0 heterocycles. The molecule has 7 nitrogen and oxygen atoms in total. The number of carbonyl (C=O) groups is 2. The van der Waals surface area contributed by atoms with Gasteiger partial charge in [-0.1, -0.05) is 0 Å². The lowest BCUT2D eigenvalue weighted by Gasteiger charge is -2.11. The fourth-order valence-electron chi connectivity index (χ4n) is 1.75. The van der Waals surface area contributed by atoms with Gasteiger partial charge in [-0.25, -0.2) is 4.79 Å². The Balaban J connectivity index is 0.000000272. The zero-order valence-electron chi connectivity index (χ0n) is 13.5. The van der Waals surface area contributed by atoms with Crippen LogP contribution in [0.15, 0.2) is 36.4 Å². The number of aromatic carboxylic acids is 1. The van der Waals surface area contributed by atoms with E-state index in [2.05, 4.69) is 0 Å². The van der Waals surface area contributed by atoms with Crippen LogP contribution in [-0.2, 0) is 0 Å². The van der Waals surface area contributed by atoms with Gasteiger partial charge in [0.2, 0.25) is 0 Å². The first-order chi connectivity index (χ1) is 11.5. The highest BCUT2D eigenvalue weighted by Crippen LogP contribution is 2.34. The van der Waals surface area contributed by atoms with Crippen molar-refractivity contribution in [2.24, 2.45) is 0 Å². The number of phenolic OH excluding ortho intramolecular Hbond substituents is 1. The number of benzene rings is 2. The van der Waals surface area contributed by atoms with Gasteiger partial charge in [0.05, 0.1) is 21.3 Å². The molecule has 2 aromatic carbocycles. The van der Waals surface area contributed by atoms with Crippen molar-refractivity contribution in [2.45, 2.75) is 0 Å². The number of carboxylic acid groups (broad SMARTS) is 1. The zero-order valence-corrected chi connectivity index (χ0v) is 13.5. The van der Waals surface area contributed by atoms with Crippen LogP contribution < -0.4 is 14.2 Å². The summed E-state index contributed by atoms with van der Waals surface area (Å²) in [6, 6.07) is 8.90. The second-order valence-corrected chi connectivity index (χ2v) is 4.42. The van der Waals surface area contributed by atoms with Crippen LogP contribution in [-0.4, -0.2) is 43.8 Å². The smallest absolute Gasteiger partial charge is 0.339 e. The number of carboxylic acids is 1. The van der Waals surface area contributed by atoms with Gasteiger partial charge in [0.1, 0.15) is 23.3 Å². The maximum Gasteiger partial charge on any atom is 0.339 e. The second kappa shape index (κ2) is 9.04. The third-order valence-corrected chi connectivity index (χ3v) is 2.97. The summed E-state index contributed by atoms with van der Waals surface area (Å²) in [5, 5.41) is 17.6. The Bertz CT molecular complexity index is 693. The summed E-state index contributed by atoms with van der Waals surface area (Å²) in [5.74, 6) is 0.128. The molecule has 0 aliphatic heterocycles. The van der Waals surface area contributed by atoms with Gasteiger partial charge in [-0.15, -0.1) is 0 Å². The average Bonchev–Trinajstić information content (AvgIpc) is 2.61. The number of phenols is 1. The third-order valence-electron chi connectivity index (χ3n) is 2.97. The summed E-state index contributed by atoms with van der Waals surface area (Å²) >= 11 is 0. The van der Waals surface area contributed by atoms with Gasteiger partial charge in [0, 0.05) is 17.7 Å². The number of rotatable bonds is 5. The van der Waals surface area contributed by atoms with Crippen LogP contribution >= 0.6 is 0 Å². The number of hydrogen-bond donors (Lipinski definition) is 2. The molecule has 0 aliphatic carbocycles. The van der Waals surface area contributed by atoms with E-state index in [0.717, 1.165) is 6.29 Å². The van der Waals surface area contributed by atoms with E-state index in [-0.39, 0.29) is 17.1 Å². The Kier molecular flexibility index (Phi) is 7.09. The van der Waals surface area contributed by atoms with E-state index < -0.39 is 5.97 Å². The molecule has 0 aliphatic rings. The third kappa shape index (κ3) is 4.91. The summed E-state index contributed by atoms with van der Waals surface area (Å²) in [6.45, 7) is 0. The quantitative estimate of drug-likeness (QED) is 0.810. The minimum Gasteiger partial charge on any atom is -0.508 e. The summed E-state index contributed by atoms with van der Waals surface area (Å²) in [4.78, 5) is 20.9. The largest absolute Gasteiger partial charge is 0.508 e. The van der Waals surface area contributed by atoms with Gasteiger partial charge in [-0.3, -0.25) is 4.79 Å². The molecule has 0 saturated carbocycles. The maximum atomic E-state index is 10.9. The highest BCUT2D eigenvalue weighted by atomic mass is 16.5. The van der Waals surface area contributed by atoms with E-state index in [1.165, 1.54) is 45.6 Å². The first-order valence-corrected chi connectivity index (χ1v) is 6.74.